The van der Waals surface area contributed by atoms with E-state index in [1.165, 1.54) is 0 Å². The van der Waals surface area contributed by atoms with Crippen LogP contribution in [0.2, 0.25) is 5.02 Å². The second kappa shape index (κ2) is 10.8. The zero-order valence-corrected chi connectivity index (χ0v) is 18.4. The summed E-state index contributed by atoms with van der Waals surface area (Å²) >= 11 is 9.29. The summed E-state index contributed by atoms with van der Waals surface area (Å²) in [5.74, 6) is -0.715. The van der Waals surface area contributed by atoms with Gasteiger partial charge in [-0.2, -0.15) is 0 Å². The molecule has 30 heavy (non-hydrogen) atoms. The first-order chi connectivity index (χ1) is 14.5. The molecule has 3 rings (SSSR count). The van der Waals surface area contributed by atoms with Crippen LogP contribution < -0.4 is 10.6 Å². The van der Waals surface area contributed by atoms with Crippen molar-refractivity contribution in [1.29, 1.82) is 0 Å². The highest BCUT2D eigenvalue weighted by Gasteiger charge is 2.14. The first-order valence-electron chi connectivity index (χ1n) is 9.37. The summed E-state index contributed by atoms with van der Waals surface area (Å²) < 4.78 is 0.870. The fourth-order valence-corrected chi connectivity index (χ4v) is 3.13. The summed E-state index contributed by atoms with van der Waals surface area (Å²) in [6.45, 7) is 0.453. The predicted molar refractivity (Wildman–Crippen MR) is 124 cm³/mol. The molecule has 0 aliphatic rings. The van der Waals surface area contributed by atoms with Crippen LogP contribution >= 0.6 is 27.5 Å². The third kappa shape index (κ3) is 6.58. The van der Waals surface area contributed by atoms with E-state index in [1.807, 2.05) is 30.3 Å². The molecule has 0 aliphatic carbocycles. The maximum atomic E-state index is 12.8. The molecule has 0 unspecified atom stereocenters. The third-order valence-electron chi connectivity index (χ3n) is 4.32. The Bertz CT molecular complexity index is 1030. The molecule has 0 radical (unpaired) electrons. The van der Waals surface area contributed by atoms with Gasteiger partial charge in [0.15, 0.2) is 0 Å². The minimum absolute atomic E-state index is 0.165. The van der Waals surface area contributed by atoms with E-state index in [1.54, 1.807) is 54.6 Å². The maximum Gasteiger partial charge on any atom is 0.267 e. The van der Waals surface area contributed by atoms with E-state index in [0.717, 1.165) is 15.6 Å². The number of benzene rings is 3. The second-order valence-electron chi connectivity index (χ2n) is 6.56. The lowest BCUT2D eigenvalue weighted by Gasteiger charge is -2.11. The van der Waals surface area contributed by atoms with E-state index in [0.29, 0.717) is 23.6 Å². The van der Waals surface area contributed by atoms with Crippen molar-refractivity contribution in [2.75, 3.05) is 6.54 Å². The fourth-order valence-electron chi connectivity index (χ4n) is 2.74. The fraction of sp³-hybridized carbons (Fsp3) is 0.0833. The SMILES string of the molecule is O=C(NCCc1ccccc1)/C(=C/c1ccc(Cl)cc1)NC(=O)c1ccc(Br)cc1. The quantitative estimate of drug-likeness (QED) is 0.452. The molecule has 0 spiro atoms. The van der Waals surface area contributed by atoms with Gasteiger partial charge in [-0.3, -0.25) is 9.59 Å². The maximum absolute atomic E-state index is 12.8. The lowest BCUT2D eigenvalue weighted by molar-refractivity contribution is -0.117. The van der Waals surface area contributed by atoms with Crippen LogP contribution in [-0.2, 0) is 11.2 Å². The van der Waals surface area contributed by atoms with Gasteiger partial charge >= 0.3 is 0 Å². The number of hydrogen-bond donors (Lipinski definition) is 2. The molecular formula is C24H20BrClN2O2. The number of amides is 2. The van der Waals surface area contributed by atoms with Gasteiger partial charge in [0.25, 0.3) is 11.8 Å². The van der Waals surface area contributed by atoms with E-state index in [-0.39, 0.29) is 17.5 Å². The molecule has 0 aromatic heterocycles. The summed E-state index contributed by atoms with van der Waals surface area (Å²) in [7, 11) is 0. The van der Waals surface area contributed by atoms with E-state index < -0.39 is 0 Å². The predicted octanol–water partition coefficient (Wildman–Crippen LogP) is 5.23. The molecule has 0 saturated carbocycles. The zero-order chi connectivity index (χ0) is 21.3. The molecule has 152 valence electrons. The smallest absolute Gasteiger partial charge is 0.267 e. The lowest BCUT2D eigenvalue weighted by Crippen LogP contribution is -2.35. The summed E-state index contributed by atoms with van der Waals surface area (Å²) in [4.78, 5) is 25.4. The van der Waals surface area contributed by atoms with Gasteiger partial charge in [0, 0.05) is 21.6 Å². The average Bonchev–Trinajstić information content (AvgIpc) is 2.76. The lowest BCUT2D eigenvalue weighted by atomic mass is 10.1. The van der Waals surface area contributed by atoms with Crippen molar-refractivity contribution in [3.8, 4) is 0 Å². The second-order valence-corrected chi connectivity index (χ2v) is 7.91. The van der Waals surface area contributed by atoms with E-state index >= 15 is 0 Å². The van der Waals surface area contributed by atoms with Gasteiger partial charge in [0.1, 0.15) is 5.70 Å². The molecule has 0 atom stereocenters. The third-order valence-corrected chi connectivity index (χ3v) is 5.10. The van der Waals surface area contributed by atoms with Gasteiger partial charge in [-0.05, 0) is 60.0 Å². The highest BCUT2D eigenvalue weighted by Crippen LogP contribution is 2.14. The Balaban J connectivity index is 1.74. The van der Waals surface area contributed by atoms with Gasteiger partial charge in [-0.25, -0.2) is 0 Å². The highest BCUT2D eigenvalue weighted by molar-refractivity contribution is 9.10. The molecule has 0 fully saturated rings. The number of nitrogens with one attached hydrogen (secondary N) is 2. The van der Waals surface area contributed by atoms with Crippen LogP contribution in [0.3, 0.4) is 0 Å². The van der Waals surface area contributed by atoms with Gasteiger partial charge < -0.3 is 10.6 Å². The van der Waals surface area contributed by atoms with Gasteiger partial charge in [0.05, 0.1) is 0 Å². The van der Waals surface area contributed by atoms with E-state index in [2.05, 4.69) is 26.6 Å². The zero-order valence-electron chi connectivity index (χ0n) is 16.1. The number of hydrogen-bond acceptors (Lipinski definition) is 2. The Morgan fingerprint density at radius 1 is 0.900 bits per heavy atom. The average molecular weight is 484 g/mol. The monoisotopic (exact) mass is 482 g/mol. The van der Waals surface area contributed by atoms with Crippen molar-refractivity contribution >= 4 is 45.4 Å². The number of carbonyl (C=O) groups is 2. The van der Waals surface area contributed by atoms with Gasteiger partial charge in [-0.1, -0.05) is 70.0 Å². The molecule has 2 amide bonds. The molecule has 0 aliphatic heterocycles. The summed E-state index contributed by atoms with van der Waals surface area (Å²) in [5, 5.41) is 6.20. The van der Waals surface area contributed by atoms with Crippen LogP contribution in [0.15, 0.2) is 89.0 Å². The number of rotatable bonds is 7. The van der Waals surface area contributed by atoms with Crippen molar-refractivity contribution in [3.05, 3.63) is 111 Å². The number of halogens is 2. The molecule has 3 aromatic rings. The Morgan fingerprint density at radius 2 is 1.57 bits per heavy atom. The topological polar surface area (TPSA) is 58.2 Å². The molecule has 3 aromatic carbocycles. The van der Waals surface area contributed by atoms with Crippen molar-refractivity contribution in [2.45, 2.75) is 6.42 Å². The Morgan fingerprint density at radius 3 is 2.23 bits per heavy atom. The first-order valence-corrected chi connectivity index (χ1v) is 10.5. The van der Waals surface area contributed by atoms with Gasteiger partial charge in [-0.15, -0.1) is 0 Å². The first kappa shape index (κ1) is 21.8. The van der Waals surface area contributed by atoms with Crippen LogP contribution in [0.4, 0.5) is 0 Å². The minimum atomic E-state index is -0.360. The van der Waals surface area contributed by atoms with Crippen molar-refractivity contribution in [1.82, 2.24) is 10.6 Å². The molecule has 0 heterocycles. The number of carbonyl (C=O) groups excluding carboxylic acids is 2. The minimum Gasteiger partial charge on any atom is -0.350 e. The Labute approximate surface area is 189 Å². The standard InChI is InChI=1S/C24H20BrClN2O2/c25-20-10-8-19(9-11-20)23(29)28-22(16-18-6-12-21(26)13-7-18)24(30)27-15-14-17-4-2-1-3-5-17/h1-13,16H,14-15H2,(H,27,30)(H,28,29)/b22-16-. The molecule has 0 saturated heterocycles. The van der Waals surface area contributed by atoms with Crippen molar-refractivity contribution in [2.24, 2.45) is 0 Å². The molecule has 6 heteroatoms. The molecule has 0 bridgehead atoms. The largest absolute Gasteiger partial charge is 0.350 e. The molecule has 4 nitrogen and oxygen atoms in total. The summed E-state index contributed by atoms with van der Waals surface area (Å²) in [5.41, 5.74) is 2.50. The van der Waals surface area contributed by atoms with Gasteiger partial charge in [0.2, 0.25) is 0 Å². The van der Waals surface area contributed by atoms with Crippen molar-refractivity contribution < 1.29 is 9.59 Å². The van der Waals surface area contributed by atoms with Crippen LogP contribution in [0.25, 0.3) is 6.08 Å². The summed E-state index contributed by atoms with van der Waals surface area (Å²) in [6, 6.07) is 23.8. The molecular weight excluding hydrogens is 464 g/mol. The van der Waals surface area contributed by atoms with Crippen LogP contribution in [0, 0.1) is 0 Å². The molecule has 2 N–H and O–H groups in total. The Kier molecular flexibility index (Phi) is 7.82. The van der Waals surface area contributed by atoms with Crippen molar-refractivity contribution in [3.63, 3.8) is 0 Å². The summed E-state index contributed by atoms with van der Waals surface area (Å²) in [6.07, 6.45) is 2.33. The van der Waals surface area contributed by atoms with Crippen LogP contribution in [-0.4, -0.2) is 18.4 Å². The van der Waals surface area contributed by atoms with E-state index in [4.69, 9.17) is 11.6 Å². The van der Waals surface area contributed by atoms with Crippen LogP contribution in [0.5, 0.6) is 0 Å². The highest BCUT2D eigenvalue weighted by atomic mass is 79.9. The normalized spacial score (nSPS) is 11.1. The van der Waals surface area contributed by atoms with Crippen LogP contribution in [0.1, 0.15) is 21.5 Å². The Hall–Kier alpha value is -2.89. The van der Waals surface area contributed by atoms with E-state index in [9.17, 15) is 9.59 Å².